The summed E-state index contributed by atoms with van der Waals surface area (Å²) in [5, 5.41) is 3.09. The van der Waals surface area contributed by atoms with Crippen LogP contribution >= 0.6 is 0 Å². The Hall–Kier alpha value is -2.37. The molecule has 0 aliphatic heterocycles. The van der Waals surface area contributed by atoms with Gasteiger partial charge >= 0.3 is 0 Å². The van der Waals surface area contributed by atoms with Gasteiger partial charge in [-0.2, -0.15) is 9.97 Å². The Bertz CT molecular complexity index is 450. The van der Waals surface area contributed by atoms with Gasteiger partial charge in [-0.3, -0.25) is 4.98 Å². The maximum absolute atomic E-state index is 5.54. The summed E-state index contributed by atoms with van der Waals surface area (Å²) < 4.78 is 0. The van der Waals surface area contributed by atoms with Crippen molar-refractivity contribution in [3.05, 3.63) is 36.2 Å². The van der Waals surface area contributed by atoms with Gasteiger partial charge in [-0.05, 0) is 11.6 Å². The molecule has 6 heteroatoms. The molecule has 0 amide bonds. The third kappa shape index (κ3) is 2.57. The molecule has 16 heavy (non-hydrogen) atoms. The second-order valence-electron chi connectivity index (χ2n) is 3.25. The van der Waals surface area contributed by atoms with Crippen molar-refractivity contribution in [3.63, 3.8) is 0 Å². The molecule has 0 aromatic carbocycles. The first-order valence-electron chi connectivity index (χ1n) is 4.77. The van der Waals surface area contributed by atoms with E-state index in [9.17, 15) is 0 Å². The Morgan fingerprint density at radius 3 is 2.81 bits per heavy atom. The van der Waals surface area contributed by atoms with Gasteiger partial charge in [0.05, 0.1) is 0 Å². The summed E-state index contributed by atoms with van der Waals surface area (Å²) in [5.74, 6) is 1.11. The molecule has 0 fully saturated rings. The second-order valence-corrected chi connectivity index (χ2v) is 3.25. The van der Waals surface area contributed by atoms with E-state index in [1.54, 1.807) is 18.5 Å². The molecule has 5 N–H and O–H groups in total. The van der Waals surface area contributed by atoms with Crippen LogP contribution in [0.3, 0.4) is 0 Å². The van der Waals surface area contributed by atoms with Crippen LogP contribution in [0.5, 0.6) is 0 Å². The predicted molar refractivity (Wildman–Crippen MR) is 62.4 cm³/mol. The van der Waals surface area contributed by atoms with Crippen LogP contribution in [0.2, 0.25) is 0 Å². The number of rotatable bonds is 3. The lowest BCUT2D eigenvalue weighted by Gasteiger charge is -2.06. The number of anilines is 3. The minimum atomic E-state index is 0.161. The Morgan fingerprint density at radius 2 is 2.12 bits per heavy atom. The van der Waals surface area contributed by atoms with Gasteiger partial charge in [0, 0.05) is 25.0 Å². The number of nitrogens with one attached hydrogen (secondary N) is 1. The monoisotopic (exact) mass is 216 g/mol. The highest BCUT2D eigenvalue weighted by atomic mass is 15.1. The van der Waals surface area contributed by atoms with E-state index >= 15 is 0 Å². The molecule has 0 bridgehead atoms. The predicted octanol–water partition coefficient (Wildman–Crippen LogP) is 0.648. The van der Waals surface area contributed by atoms with Crippen LogP contribution in [0, 0.1) is 0 Å². The lowest BCUT2D eigenvalue weighted by molar-refractivity contribution is 1.07. The molecule has 0 unspecified atom stereocenters. The van der Waals surface area contributed by atoms with Crippen LogP contribution in [0.1, 0.15) is 5.56 Å². The Kier molecular flexibility index (Phi) is 2.81. The van der Waals surface area contributed by atoms with E-state index in [4.69, 9.17) is 11.5 Å². The molecule has 0 atom stereocenters. The maximum atomic E-state index is 5.54. The van der Waals surface area contributed by atoms with Gasteiger partial charge < -0.3 is 16.8 Å². The SMILES string of the molecule is Nc1cc(NCc2cccnc2)nc(N)n1. The first-order chi connectivity index (χ1) is 7.74. The molecule has 0 aliphatic carbocycles. The highest BCUT2D eigenvalue weighted by molar-refractivity contribution is 5.48. The topological polar surface area (TPSA) is 103 Å². The molecular weight excluding hydrogens is 204 g/mol. The number of nitrogens with two attached hydrogens (primary N) is 2. The van der Waals surface area contributed by atoms with Gasteiger partial charge in [-0.1, -0.05) is 6.07 Å². The smallest absolute Gasteiger partial charge is 0.223 e. The van der Waals surface area contributed by atoms with Gasteiger partial charge in [0.25, 0.3) is 0 Å². The standard InChI is InChI=1S/C10H12N6/c11-8-4-9(16-10(12)15-8)14-6-7-2-1-3-13-5-7/h1-5H,6H2,(H5,11,12,14,15,16). The summed E-state index contributed by atoms with van der Waals surface area (Å²) in [6.45, 7) is 0.615. The summed E-state index contributed by atoms with van der Waals surface area (Å²) >= 11 is 0. The second kappa shape index (κ2) is 4.43. The molecule has 2 aromatic rings. The Balaban J connectivity index is 2.05. The van der Waals surface area contributed by atoms with Crippen molar-refractivity contribution in [2.75, 3.05) is 16.8 Å². The molecule has 0 saturated carbocycles. The van der Waals surface area contributed by atoms with Gasteiger partial charge in [0.2, 0.25) is 5.95 Å². The van der Waals surface area contributed by atoms with E-state index < -0.39 is 0 Å². The molecule has 2 aromatic heterocycles. The average Bonchev–Trinajstić information content (AvgIpc) is 2.27. The fourth-order valence-corrected chi connectivity index (χ4v) is 1.27. The largest absolute Gasteiger partial charge is 0.383 e. The zero-order valence-electron chi connectivity index (χ0n) is 8.59. The van der Waals surface area contributed by atoms with Gasteiger partial charge in [0.1, 0.15) is 11.6 Å². The summed E-state index contributed by atoms with van der Waals surface area (Å²) in [4.78, 5) is 11.8. The van der Waals surface area contributed by atoms with E-state index in [0.29, 0.717) is 18.2 Å². The first-order valence-corrected chi connectivity index (χ1v) is 4.77. The maximum Gasteiger partial charge on any atom is 0.223 e. The molecule has 6 nitrogen and oxygen atoms in total. The van der Waals surface area contributed by atoms with Crippen LogP contribution in [0.4, 0.5) is 17.6 Å². The Morgan fingerprint density at radius 1 is 1.25 bits per heavy atom. The summed E-state index contributed by atoms with van der Waals surface area (Å²) in [6, 6.07) is 5.47. The molecule has 0 saturated heterocycles. The fraction of sp³-hybridized carbons (Fsp3) is 0.100. The van der Waals surface area contributed by atoms with Crippen molar-refractivity contribution >= 4 is 17.6 Å². The minimum Gasteiger partial charge on any atom is -0.383 e. The number of aromatic nitrogens is 3. The number of nitrogens with zero attached hydrogens (tertiary/aromatic N) is 3. The number of pyridine rings is 1. The average molecular weight is 216 g/mol. The van der Waals surface area contributed by atoms with Crippen molar-refractivity contribution in [2.24, 2.45) is 0 Å². The normalized spacial score (nSPS) is 10.0. The fourth-order valence-electron chi connectivity index (χ4n) is 1.27. The molecule has 0 spiro atoms. The third-order valence-electron chi connectivity index (χ3n) is 1.96. The van der Waals surface area contributed by atoms with Gasteiger partial charge in [0.15, 0.2) is 0 Å². The van der Waals surface area contributed by atoms with Gasteiger partial charge in [-0.25, -0.2) is 0 Å². The molecule has 2 rings (SSSR count). The highest BCUT2D eigenvalue weighted by Gasteiger charge is 1.99. The Labute approximate surface area is 92.7 Å². The van der Waals surface area contributed by atoms with E-state index in [0.717, 1.165) is 5.56 Å². The summed E-state index contributed by atoms with van der Waals surface area (Å²) in [7, 11) is 0. The van der Waals surface area contributed by atoms with E-state index in [1.807, 2.05) is 12.1 Å². The molecule has 2 heterocycles. The van der Waals surface area contributed by atoms with E-state index in [-0.39, 0.29) is 5.95 Å². The summed E-state index contributed by atoms with van der Waals surface area (Å²) in [5.41, 5.74) is 12.1. The van der Waals surface area contributed by atoms with E-state index in [2.05, 4.69) is 20.3 Å². The molecule has 0 aliphatic rings. The zero-order valence-corrected chi connectivity index (χ0v) is 8.59. The van der Waals surface area contributed by atoms with Crippen LogP contribution in [-0.4, -0.2) is 15.0 Å². The molecule has 0 radical (unpaired) electrons. The van der Waals surface area contributed by atoms with Crippen LogP contribution in [-0.2, 0) is 6.54 Å². The zero-order chi connectivity index (χ0) is 11.4. The van der Waals surface area contributed by atoms with Gasteiger partial charge in [-0.15, -0.1) is 0 Å². The highest BCUT2D eigenvalue weighted by Crippen LogP contribution is 2.10. The third-order valence-corrected chi connectivity index (χ3v) is 1.96. The lowest BCUT2D eigenvalue weighted by atomic mass is 10.3. The summed E-state index contributed by atoms with van der Waals surface area (Å²) in [6.07, 6.45) is 3.51. The van der Waals surface area contributed by atoms with Crippen molar-refractivity contribution in [1.82, 2.24) is 15.0 Å². The van der Waals surface area contributed by atoms with Crippen molar-refractivity contribution in [2.45, 2.75) is 6.54 Å². The quantitative estimate of drug-likeness (QED) is 0.696. The lowest BCUT2D eigenvalue weighted by Crippen LogP contribution is -2.06. The minimum absolute atomic E-state index is 0.161. The van der Waals surface area contributed by atoms with Crippen molar-refractivity contribution < 1.29 is 0 Å². The first kappa shape index (κ1) is 10.2. The number of nitrogen functional groups attached to an aromatic ring is 2. The van der Waals surface area contributed by atoms with E-state index in [1.165, 1.54) is 0 Å². The van der Waals surface area contributed by atoms with Crippen LogP contribution in [0.15, 0.2) is 30.6 Å². The van der Waals surface area contributed by atoms with Crippen molar-refractivity contribution in [3.8, 4) is 0 Å². The van der Waals surface area contributed by atoms with Crippen molar-refractivity contribution in [1.29, 1.82) is 0 Å². The van der Waals surface area contributed by atoms with Crippen LogP contribution < -0.4 is 16.8 Å². The molecule has 82 valence electrons. The number of hydrogen-bond donors (Lipinski definition) is 3. The van der Waals surface area contributed by atoms with Crippen LogP contribution in [0.25, 0.3) is 0 Å². The molecular formula is C10H12N6. The number of hydrogen-bond acceptors (Lipinski definition) is 6.